The molecule has 1 saturated carbocycles. The molecule has 3 rings (SSSR count). The highest BCUT2D eigenvalue weighted by Crippen LogP contribution is 2.34. The van der Waals surface area contributed by atoms with Crippen LogP contribution in [-0.2, 0) is 4.79 Å². The van der Waals surface area contributed by atoms with Crippen molar-refractivity contribution < 1.29 is 4.79 Å². The van der Waals surface area contributed by atoms with Crippen LogP contribution in [0.5, 0.6) is 0 Å². The summed E-state index contributed by atoms with van der Waals surface area (Å²) in [5, 5.41) is 5.17. The standard InChI is InChI=1S/C17H24N4OS2.ClH/c1-10-11(2)24-17-15(10)16(19-9-20-17)23-8-14(22)21-13-6-4-3-5-12(13)7-18;/h9,12-13H,3-8,18H2,1-2H3,(H,21,22);1H. The van der Waals surface area contributed by atoms with Crippen LogP contribution in [-0.4, -0.2) is 34.2 Å². The van der Waals surface area contributed by atoms with Gasteiger partial charge in [0.25, 0.3) is 0 Å². The maximum atomic E-state index is 12.4. The van der Waals surface area contributed by atoms with Crippen LogP contribution >= 0.6 is 35.5 Å². The number of thiophene rings is 1. The highest BCUT2D eigenvalue weighted by atomic mass is 35.5. The van der Waals surface area contributed by atoms with Gasteiger partial charge in [0.1, 0.15) is 16.2 Å². The van der Waals surface area contributed by atoms with E-state index in [9.17, 15) is 4.79 Å². The molecular weight excluding hydrogens is 376 g/mol. The molecule has 2 aromatic rings. The normalized spacial score (nSPS) is 20.3. The van der Waals surface area contributed by atoms with Gasteiger partial charge in [-0.05, 0) is 44.7 Å². The van der Waals surface area contributed by atoms with Gasteiger partial charge < -0.3 is 11.1 Å². The lowest BCUT2D eigenvalue weighted by Crippen LogP contribution is -2.45. The van der Waals surface area contributed by atoms with Gasteiger partial charge in [-0.25, -0.2) is 9.97 Å². The summed E-state index contributed by atoms with van der Waals surface area (Å²) in [6.07, 6.45) is 6.14. The van der Waals surface area contributed by atoms with Gasteiger partial charge in [-0.3, -0.25) is 4.79 Å². The average molecular weight is 401 g/mol. The molecule has 25 heavy (non-hydrogen) atoms. The van der Waals surface area contributed by atoms with Crippen molar-refractivity contribution in [1.82, 2.24) is 15.3 Å². The zero-order valence-corrected chi connectivity index (χ0v) is 17.0. The Morgan fingerprint density at radius 1 is 1.36 bits per heavy atom. The van der Waals surface area contributed by atoms with E-state index in [0.29, 0.717) is 18.2 Å². The van der Waals surface area contributed by atoms with Crippen LogP contribution in [0.25, 0.3) is 10.2 Å². The summed E-state index contributed by atoms with van der Waals surface area (Å²) in [6, 6.07) is 0.229. The van der Waals surface area contributed by atoms with Gasteiger partial charge in [-0.2, -0.15) is 0 Å². The summed E-state index contributed by atoms with van der Waals surface area (Å²) in [5.41, 5.74) is 7.06. The number of aromatic nitrogens is 2. The lowest BCUT2D eigenvalue weighted by molar-refractivity contribution is -0.119. The van der Waals surface area contributed by atoms with E-state index in [1.807, 2.05) is 0 Å². The molecule has 1 aliphatic rings. The summed E-state index contributed by atoms with van der Waals surface area (Å²) in [5.74, 6) is 0.871. The third kappa shape index (κ3) is 4.64. The minimum absolute atomic E-state index is 0. The molecule has 0 aromatic carbocycles. The van der Waals surface area contributed by atoms with Gasteiger partial charge in [0, 0.05) is 16.3 Å². The van der Waals surface area contributed by atoms with Crippen molar-refractivity contribution in [3.05, 3.63) is 16.8 Å². The highest BCUT2D eigenvalue weighted by molar-refractivity contribution is 8.00. The second kappa shape index (κ2) is 9.16. The average Bonchev–Trinajstić information content (AvgIpc) is 2.88. The molecule has 3 N–H and O–H groups in total. The number of halogens is 1. The van der Waals surface area contributed by atoms with E-state index >= 15 is 0 Å². The molecule has 2 unspecified atom stereocenters. The molecule has 2 aromatic heterocycles. The van der Waals surface area contributed by atoms with Gasteiger partial charge in [0.2, 0.25) is 5.91 Å². The Kier molecular flexibility index (Phi) is 7.49. The first kappa shape index (κ1) is 20.4. The first-order chi connectivity index (χ1) is 11.6. The fourth-order valence-electron chi connectivity index (χ4n) is 3.32. The fraction of sp³-hybridized carbons (Fsp3) is 0.588. The monoisotopic (exact) mass is 400 g/mol. The first-order valence-corrected chi connectivity index (χ1v) is 10.2. The van der Waals surface area contributed by atoms with E-state index in [0.717, 1.165) is 28.1 Å². The Bertz CT molecular complexity index is 737. The van der Waals surface area contributed by atoms with E-state index < -0.39 is 0 Å². The van der Waals surface area contributed by atoms with Gasteiger partial charge >= 0.3 is 0 Å². The van der Waals surface area contributed by atoms with E-state index in [1.165, 1.54) is 35.0 Å². The van der Waals surface area contributed by atoms with Crippen molar-refractivity contribution in [3.63, 3.8) is 0 Å². The summed E-state index contributed by atoms with van der Waals surface area (Å²) in [4.78, 5) is 23.3. The second-order valence-corrected chi connectivity index (χ2v) is 8.55. The minimum Gasteiger partial charge on any atom is -0.352 e. The largest absolute Gasteiger partial charge is 0.352 e. The molecule has 5 nitrogen and oxygen atoms in total. The van der Waals surface area contributed by atoms with Gasteiger partial charge in [0.15, 0.2) is 0 Å². The van der Waals surface area contributed by atoms with Crippen LogP contribution in [0.3, 0.4) is 0 Å². The quantitative estimate of drug-likeness (QED) is 0.593. The molecule has 0 radical (unpaired) electrons. The maximum absolute atomic E-state index is 12.4. The number of fused-ring (bicyclic) bond motifs is 1. The predicted molar refractivity (Wildman–Crippen MR) is 108 cm³/mol. The molecule has 0 bridgehead atoms. The number of nitrogens with two attached hydrogens (primary N) is 1. The van der Waals surface area contributed by atoms with Gasteiger partial charge in [-0.15, -0.1) is 23.7 Å². The Hall–Kier alpha value is -0.890. The smallest absolute Gasteiger partial charge is 0.230 e. The molecule has 1 amide bonds. The Morgan fingerprint density at radius 3 is 2.88 bits per heavy atom. The van der Waals surface area contributed by atoms with Crippen molar-refractivity contribution in [2.75, 3.05) is 12.3 Å². The SMILES string of the molecule is Cc1sc2ncnc(SCC(=O)NC3CCCCC3CN)c2c1C.Cl. The number of rotatable bonds is 5. The molecule has 138 valence electrons. The fourth-order valence-corrected chi connectivity index (χ4v) is 5.25. The summed E-state index contributed by atoms with van der Waals surface area (Å²) < 4.78 is 0. The number of aryl methyl sites for hydroxylation is 2. The number of thioether (sulfide) groups is 1. The molecule has 8 heteroatoms. The number of nitrogens with one attached hydrogen (secondary N) is 1. The Balaban J connectivity index is 0.00000225. The van der Waals surface area contributed by atoms with E-state index in [1.54, 1.807) is 17.7 Å². The third-order valence-corrected chi connectivity index (χ3v) is 6.93. The molecule has 0 saturated heterocycles. The van der Waals surface area contributed by atoms with Crippen LogP contribution in [0.15, 0.2) is 11.4 Å². The van der Waals surface area contributed by atoms with Crippen LogP contribution in [0, 0.1) is 19.8 Å². The zero-order chi connectivity index (χ0) is 17.1. The number of hydrogen-bond donors (Lipinski definition) is 2. The molecule has 2 atom stereocenters. The van der Waals surface area contributed by atoms with Gasteiger partial charge in [-0.1, -0.05) is 24.6 Å². The van der Waals surface area contributed by atoms with Gasteiger partial charge in [0.05, 0.1) is 5.75 Å². The number of hydrogen-bond acceptors (Lipinski definition) is 6. The molecule has 0 aliphatic heterocycles. The summed E-state index contributed by atoms with van der Waals surface area (Å²) in [6.45, 7) is 4.84. The third-order valence-electron chi connectivity index (χ3n) is 4.83. The molecule has 1 aliphatic carbocycles. The van der Waals surface area contributed by atoms with E-state index in [2.05, 4.69) is 29.1 Å². The van der Waals surface area contributed by atoms with Crippen molar-refractivity contribution in [2.24, 2.45) is 11.7 Å². The van der Waals surface area contributed by atoms with Crippen LogP contribution in [0.4, 0.5) is 0 Å². The number of carbonyl (C=O) groups excluding carboxylic acids is 1. The minimum atomic E-state index is 0. The van der Waals surface area contributed by atoms with E-state index in [-0.39, 0.29) is 24.4 Å². The zero-order valence-electron chi connectivity index (χ0n) is 14.6. The molecule has 2 heterocycles. The summed E-state index contributed by atoms with van der Waals surface area (Å²) in [7, 11) is 0. The van der Waals surface area contributed by atoms with Crippen molar-refractivity contribution >= 4 is 51.6 Å². The van der Waals surface area contributed by atoms with E-state index in [4.69, 9.17) is 5.73 Å². The maximum Gasteiger partial charge on any atom is 0.230 e. The van der Waals surface area contributed by atoms with Crippen molar-refractivity contribution in [1.29, 1.82) is 0 Å². The molecule has 0 spiro atoms. The number of amides is 1. The second-order valence-electron chi connectivity index (χ2n) is 6.39. The number of nitrogens with zero attached hydrogens (tertiary/aromatic N) is 2. The lowest BCUT2D eigenvalue weighted by Gasteiger charge is -2.31. The van der Waals surface area contributed by atoms with Crippen molar-refractivity contribution in [3.8, 4) is 0 Å². The van der Waals surface area contributed by atoms with Crippen LogP contribution in [0.1, 0.15) is 36.1 Å². The lowest BCUT2D eigenvalue weighted by atomic mass is 9.84. The Labute approximate surface area is 163 Å². The van der Waals surface area contributed by atoms with Crippen LogP contribution in [0.2, 0.25) is 0 Å². The predicted octanol–water partition coefficient (Wildman–Crippen LogP) is 3.46. The molecule has 1 fully saturated rings. The first-order valence-electron chi connectivity index (χ1n) is 8.43. The van der Waals surface area contributed by atoms with Crippen LogP contribution < -0.4 is 11.1 Å². The number of carbonyl (C=O) groups is 1. The molecular formula is C17H25ClN4OS2. The summed E-state index contributed by atoms with van der Waals surface area (Å²) >= 11 is 3.18. The topological polar surface area (TPSA) is 80.9 Å². The highest BCUT2D eigenvalue weighted by Gasteiger charge is 2.25. The Morgan fingerprint density at radius 2 is 2.12 bits per heavy atom. The van der Waals surface area contributed by atoms with Crippen molar-refractivity contribution in [2.45, 2.75) is 50.6 Å².